The molecule has 31 heavy (non-hydrogen) atoms. The van der Waals surface area contributed by atoms with E-state index in [2.05, 4.69) is 53.6 Å². The molecule has 1 aliphatic rings. The lowest BCUT2D eigenvalue weighted by Gasteiger charge is -2.15. The van der Waals surface area contributed by atoms with E-state index in [1.54, 1.807) is 0 Å². The summed E-state index contributed by atoms with van der Waals surface area (Å²) >= 11 is 0. The van der Waals surface area contributed by atoms with E-state index in [0.717, 1.165) is 29.6 Å². The Kier molecular flexibility index (Phi) is 6.82. The molecular weight excluding hydrogens is 384 g/mol. The molecule has 0 unspecified atom stereocenters. The first-order valence-electron chi connectivity index (χ1n) is 11.4. The molecule has 1 amide bonds. The van der Waals surface area contributed by atoms with Crippen LogP contribution in [0.25, 0.3) is 10.9 Å². The molecule has 5 nitrogen and oxygen atoms in total. The van der Waals surface area contributed by atoms with E-state index in [-0.39, 0.29) is 5.91 Å². The topological polar surface area (TPSA) is 57.3 Å². The number of carbonyl (C=O) groups excluding carboxylic acids is 1. The molecule has 5 heteroatoms. The van der Waals surface area contributed by atoms with E-state index >= 15 is 0 Å². The van der Waals surface area contributed by atoms with Crippen LogP contribution in [-0.2, 0) is 0 Å². The predicted octanol–water partition coefficient (Wildman–Crippen LogP) is 5.32. The van der Waals surface area contributed by atoms with Crippen molar-refractivity contribution in [2.24, 2.45) is 0 Å². The van der Waals surface area contributed by atoms with Crippen LogP contribution in [0.3, 0.4) is 0 Å². The lowest BCUT2D eigenvalue weighted by Crippen LogP contribution is -2.28. The maximum Gasteiger partial charge on any atom is 0.252 e. The van der Waals surface area contributed by atoms with Crippen LogP contribution in [0.5, 0.6) is 0 Å². The Hall–Kier alpha value is -2.92. The van der Waals surface area contributed by atoms with Crippen LogP contribution >= 0.6 is 0 Å². The van der Waals surface area contributed by atoms with Gasteiger partial charge in [0.2, 0.25) is 0 Å². The first kappa shape index (κ1) is 21.3. The van der Waals surface area contributed by atoms with Crippen LogP contribution in [0, 0.1) is 0 Å². The van der Waals surface area contributed by atoms with E-state index in [9.17, 15) is 4.79 Å². The quantitative estimate of drug-likeness (QED) is 0.488. The van der Waals surface area contributed by atoms with Gasteiger partial charge in [-0.2, -0.15) is 0 Å². The van der Waals surface area contributed by atoms with Crippen molar-refractivity contribution < 1.29 is 4.79 Å². The van der Waals surface area contributed by atoms with Crippen molar-refractivity contribution in [3.05, 3.63) is 65.7 Å². The fourth-order valence-electron chi connectivity index (χ4n) is 4.13. The number of likely N-dealkylation sites (tertiary alicyclic amines) is 1. The Labute approximate surface area is 184 Å². The van der Waals surface area contributed by atoms with Gasteiger partial charge in [-0.3, -0.25) is 4.79 Å². The van der Waals surface area contributed by atoms with Crippen molar-refractivity contribution in [1.29, 1.82) is 0 Å². The van der Waals surface area contributed by atoms with Gasteiger partial charge in [0.05, 0.1) is 11.1 Å². The summed E-state index contributed by atoms with van der Waals surface area (Å²) < 4.78 is 0. The Morgan fingerprint density at radius 3 is 2.55 bits per heavy atom. The highest BCUT2D eigenvalue weighted by atomic mass is 16.1. The minimum absolute atomic E-state index is 0.0433. The molecule has 0 aliphatic carbocycles. The highest BCUT2D eigenvalue weighted by Gasteiger charge is 2.14. The minimum atomic E-state index is -0.0433. The van der Waals surface area contributed by atoms with Gasteiger partial charge in [-0.1, -0.05) is 44.2 Å². The SMILES string of the molecule is CC(C)c1ccc(Nc2cc(C(=O)NCCCN3CCCC3)c3ccccc3n2)cc1. The number of benzene rings is 2. The minimum Gasteiger partial charge on any atom is -0.352 e. The van der Waals surface area contributed by atoms with Gasteiger partial charge in [0.25, 0.3) is 5.91 Å². The average molecular weight is 417 g/mol. The van der Waals surface area contributed by atoms with Gasteiger partial charge < -0.3 is 15.5 Å². The van der Waals surface area contributed by atoms with Gasteiger partial charge in [-0.15, -0.1) is 0 Å². The second-order valence-corrected chi connectivity index (χ2v) is 8.63. The number of nitrogens with zero attached hydrogens (tertiary/aromatic N) is 2. The Morgan fingerprint density at radius 2 is 1.81 bits per heavy atom. The van der Waals surface area contributed by atoms with Crippen molar-refractivity contribution in [1.82, 2.24) is 15.2 Å². The second kappa shape index (κ2) is 9.92. The number of hydrogen-bond donors (Lipinski definition) is 2. The fraction of sp³-hybridized carbons (Fsp3) is 0.385. The highest BCUT2D eigenvalue weighted by molar-refractivity contribution is 6.07. The van der Waals surface area contributed by atoms with Gasteiger partial charge in [0, 0.05) is 17.6 Å². The fourth-order valence-corrected chi connectivity index (χ4v) is 4.13. The molecule has 3 aromatic rings. The summed E-state index contributed by atoms with van der Waals surface area (Å²) in [5.41, 5.74) is 3.73. The zero-order chi connectivity index (χ0) is 21.6. The van der Waals surface area contributed by atoms with Crippen molar-refractivity contribution in [3.63, 3.8) is 0 Å². The number of pyridine rings is 1. The van der Waals surface area contributed by atoms with E-state index in [4.69, 9.17) is 4.98 Å². The van der Waals surface area contributed by atoms with Crippen molar-refractivity contribution in [2.75, 3.05) is 31.5 Å². The number of fused-ring (bicyclic) bond motifs is 1. The number of rotatable bonds is 8. The molecule has 4 rings (SSSR count). The second-order valence-electron chi connectivity index (χ2n) is 8.63. The number of para-hydroxylation sites is 1. The summed E-state index contributed by atoms with van der Waals surface area (Å²) in [6.45, 7) is 8.49. The van der Waals surface area contributed by atoms with Gasteiger partial charge in [0.15, 0.2) is 0 Å². The van der Waals surface area contributed by atoms with Crippen LogP contribution in [0.1, 0.15) is 54.9 Å². The molecule has 0 bridgehead atoms. The lowest BCUT2D eigenvalue weighted by molar-refractivity contribution is 0.0953. The first-order valence-corrected chi connectivity index (χ1v) is 11.4. The standard InChI is InChI=1S/C26H32N4O/c1-19(2)20-10-12-21(13-11-20)28-25-18-23(22-8-3-4-9-24(22)29-25)26(31)27-14-7-17-30-15-5-6-16-30/h3-4,8-13,18-19H,5-7,14-17H2,1-2H3,(H,27,31)(H,28,29). The smallest absolute Gasteiger partial charge is 0.252 e. The Morgan fingerprint density at radius 1 is 1.06 bits per heavy atom. The Balaban J connectivity index is 1.48. The number of carbonyl (C=O) groups is 1. The summed E-state index contributed by atoms with van der Waals surface area (Å²) in [6.07, 6.45) is 3.57. The molecule has 0 spiro atoms. The highest BCUT2D eigenvalue weighted by Crippen LogP contribution is 2.24. The summed E-state index contributed by atoms with van der Waals surface area (Å²) in [5, 5.41) is 7.34. The average Bonchev–Trinajstić information content (AvgIpc) is 3.30. The number of nitrogens with one attached hydrogen (secondary N) is 2. The molecule has 1 fully saturated rings. The maximum absolute atomic E-state index is 13.0. The van der Waals surface area contributed by atoms with Gasteiger partial charge >= 0.3 is 0 Å². The van der Waals surface area contributed by atoms with E-state index < -0.39 is 0 Å². The van der Waals surface area contributed by atoms with Crippen LogP contribution in [0.15, 0.2) is 54.6 Å². The van der Waals surface area contributed by atoms with Crippen LogP contribution in [0.4, 0.5) is 11.5 Å². The molecule has 1 aliphatic heterocycles. The maximum atomic E-state index is 13.0. The van der Waals surface area contributed by atoms with Crippen LogP contribution in [0.2, 0.25) is 0 Å². The zero-order valence-electron chi connectivity index (χ0n) is 18.5. The third kappa shape index (κ3) is 5.42. The molecule has 2 heterocycles. The van der Waals surface area contributed by atoms with Crippen molar-refractivity contribution in [3.8, 4) is 0 Å². The molecule has 162 valence electrons. The third-order valence-corrected chi connectivity index (χ3v) is 5.95. The van der Waals surface area contributed by atoms with Crippen molar-refractivity contribution >= 4 is 28.3 Å². The summed E-state index contributed by atoms with van der Waals surface area (Å²) in [5.74, 6) is 1.13. The number of amides is 1. The van der Waals surface area contributed by atoms with Crippen LogP contribution in [-0.4, -0.2) is 42.0 Å². The van der Waals surface area contributed by atoms with Gasteiger partial charge in [-0.05, 0) is 74.6 Å². The third-order valence-electron chi connectivity index (χ3n) is 5.95. The summed E-state index contributed by atoms with van der Waals surface area (Å²) in [4.78, 5) is 20.2. The molecule has 1 aromatic heterocycles. The summed E-state index contributed by atoms with van der Waals surface area (Å²) in [7, 11) is 0. The molecule has 0 saturated carbocycles. The zero-order valence-corrected chi connectivity index (χ0v) is 18.5. The molecule has 0 radical (unpaired) electrons. The van der Waals surface area contributed by atoms with E-state index in [1.165, 1.54) is 31.5 Å². The normalized spacial score (nSPS) is 14.3. The largest absolute Gasteiger partial charge is 0.352 e. The van der Waals surface area contributed by atoms with Crippen molar-refractivity contribution in [2.45, 2.75) is 39.0 Å². The first-order chi connectivity index (χ1) is 15.1. The molecular formula is C26H32N4O. The molecule has 2 aromatic carbocycles. The lowest BCUT2D eigenvalue weighted by atomic mass is 10.0. The molecule has 0 atom stereocenters. The van der Waals surface area contributed by atoms with E-state index in [0.29, 0.717) is 23.8 Å². The Bertz CT molecular complexity index is 1020. The number of hydrogen-bond acceptors (Lipinski definition) is 4. The summed E-state index contributed by atoms with van der Waals surface area (Å²) in [6, 6.07) is 18.0. The number of anilines is 2. The van der Waals surface area contributed by atoms with Gasteiger partial charge in [-0.25, -0.2) is 4.98 Å². The number of aromatic nitrogens is 1. The predicted molar refractivity (Wildman–Crippen MR) is 128 cm³/mol. The van der Waals surface area contributed by atoms with Gasteiger partial charge in [0.1, 0.15) is 5.82 Å². The van der Waals surface area contributed by atoms with E-state index in [1.807, 2.05) is 30.3 Å². The van der Waals surface area contributed by atoms with Crippen LogP contribution < -0.4 is 10.6 Å². The molecule has 2 N–H and O–H groups in total. The molecule has 1 saturated heterocycles. The monoisotopic (exact) mass is 416 g/mol.